The minimum Gasteiger partial charge on any atom is -0.384 e. The van der Waals surface area contributed by atoms with Crippen LogP contribution in [0.5, 0.6) is 0 Å². The predicted octanol–water partition coefficient (Wildman–Crippen LogP) is 0.144. The van der Waals surface area contributed by atoms with Crippen LogP contribution in [0.3, 0.4) is 0 Å². The van der Waals surface area contributed by atoms with Crippen LogP contribution in [0.15, 0.2) is 24.3 Å². The molecule has 110 valence electrons. The molecule has 2 aliphatic heterocycles. The Labute approximate surface area is 122 Å². The highest BCUT2D eigenvalue weighted by molar-refractivity contribution is 6.04. The first kappa shape index (κ1) is 13.6. The third-order valence-electron chi connectivity index (χ3n) is 4.08. The van der Waals surface area contributed by atoms with Crippen LogP contribution in [0.4, 0.5) is 5.69 Å². The summed E-state index contributed by atoms with van der Waals surface area (Å²) in [4.78, 5) is 37.1. The zero-order valence-electron chi connectivity index (χ0n) is 11.8. The Bertz CT molecular complexity index is 614. The molecule has 2 aliphatic rings. The summed E-state index contributed by atoms with van der Waals surface area (Å²) < 4.78 is 0. The molecule has 1 aromatic carbocycles. The molecular weight excluding hydrogens is 270 g/mol. The molecule has 0 aromatic heterocycles. The highest BCUT2D eigenvalue weighted by atomic mass is 16.2. The molecule has 3 amide bonds. The lowest BCUT2D eigenvalue weighted by Crippen LogP contribution is -2.60. The summed E-state index contributed by atoms with van der Waals surface area (Å²) in [5, 5.41) is 5.48. The number of imide groups is 1. The average Bonchev–Trinajstić information content (AvgIpc) is 2.49. The topological polar surface area (TPSA) is 78.5 Å². The largest absolute Gasteiger partial charge is 0.384 e. The van der Waals surface area contributed by atoms with Crippen molar-refractivity contribution >= 4 is 23.4 Å². The van der Waals surface area contributed by atoms with E-state index in [1.807, 2.05) is 24.3 Å². The molecule has 2 heterocycles. The van der Waals surface area contributed by atoms with Crippen molar-refractivity contribution in [3.8, 4) is 0 Å². The first-order valence-corrected chi connectivity index (χ1v) is 7.02. The smallest absolute Gasteiger partial charge is 0.249 e. The Morgan fingerprint density at radius 3 is 2.86 bits per heavy atom. The molecule has 0 bridgehead atoms. The summed E-state index contributed by atoms with van der Waals surface area (Å²) in [6, 6.07) is 7.25. The highest BCUT2D eigenvalue weighted by Crippen LogP contribution is 2.26. The number of amides is 3. The van der Waals surface area contributed by atoms with Crippen LogP contribution in [0.25, 0.3) is 0 Å². The standard InChI is InChI=1S/C15H17N3O3/c1-9-14(20)17-13(19)8-18(9)15(21)11-6-10-4-2-3-5-12(10)16-7-11/h2-5,9,11,16H,6-8H2,1H3,(H,17,19,20). The van der Waals surface area contributed by atoms with Crippen molar-refractivity contribution in [2.45, 2.75) is 19.4 Å². The fourth-order valence-corrected chi connectivity index (χ4v) is 2.83. The minimum absolute atomic E-state index is 0.0517. The molecular formula is C15H17N3O3. The third-order valence-corrected chi connectivity index (χ3v) is 4.08. The van der Waals surface area contributed by atoms with Gasteiger partial charge in [0.15, 0.2) is 0 Å². The summed E-state index contributed by atoms with van der Waals surface area (Å²) in [6.45, 7) is 2.11. The lowest BCUT2D eigenvalue weighted by Gasteiger charge is -2.35. The van der Waals surface area contributed by atoms with Gasteiger partial charge in [-0.05, 0) is 25.0 Å². The monoisotopic (exact) mass is 287 g/mol. The van der Waals surface area contributed by atoms with Gasteiger partial charge in [-0.25, -0.2) is 0 Å². The van der Waals surface area contributed by atoms with E-state index in [1.54, 1.807) is 6.92 Å². The number of nitrogens with zero attached hydrogens (tertiary/aromatic N) is 1. The van der Waals surface area contributed by atoms with E-state index in [1.165, 1.54) is 4.90 Å². The lowest BCUT2D eigenvalue weighted by molar-refractivity contribution is -0.151. The van der Waals surface area contributed by atoms with Crippen LogP contribution in [0.1, 0.15) is 12.5 Å². The molecule has 6 nitrogen and oxygen atoms in total. The fourth-order valence-electron chi connectivity index (χ4n) is 2.83. The van der Waals surface area contributed by atoms with Crippen LogP contribution in [0.2, 0.25) is 0 Å². The van der Waals surface area contributed by atoms with Gasteiger partial charge in [0.1, 0.15) is 12.6 Å². The van der Waals surface area contributed by atoms with Crippen LogP contribution in [0, 0.1) is 5.92 Å². The van der Waals surface area contributed by atoms with Gasteiger partial charge >= 0.3 is 0 Å². The van der Waals surface area contributed by atoms with E-state index in [-0.39, 0.29) is 18.4 Å². The molecule has 0 aliphatic carbocycles. The molecule has 0 radical (unpaired) electrons. The SMILES string of the molecule is CC1C(=O)NC(=O)CN1C(=O)C1CNc2ccccc2C1. The number of carbonyl (C=O) groups is 3. The highest BCUT2D eigenvalue weighted by Gasteiger charge is 2.37. The average molecular weight is 287 g/mol. The molecule has 1 aromatic rings. The minimum atomic E-state index is -0.604. The Kier molecular flexibility index (Phi) is 3.37. The van der Waals surface area contributed by atoms with Crippen LogP contribution in [-0.4, -0.2) is 41.8 Å². The van der Waals surface area contributed by atoms with Gasteiger partial charge in [0.25, 0.3) is 0 Å². The second-order valence-electron chi connectivity index (χ2n) is 5.49. The fraction of sp³-hybridized carbons (Fsp3) is 0.400. The first-order chi connectivity index (χ1) is 10.1. The van der Waals surface area contributed by atoms with Gasteiger partial charge in [-0.3, -0.25) is 19.7 Å². The van der Waals surface area contributed by atoms with Crippen molar-refractivity contribution in [2.24, 2.45) is 5.92 Å². The molecule has 0 spiro atoms. The van der Waals surface area contributed by atoms with Gasteiger partial charge < -0.3 is 10.2 Å². The quantitative estimate of drug-likeness (QED) is 0.720. The van der Waals surface area contributed by atoms with E-state index >= 15 is 0 Å². The van der Waals surface area contributed by atoms with E-state index in [4.69, 9.17) is 0 Å². The summed E-state index contributed by atoms with van der Waals surface area (Å²) in [5.74, 6) is -1.23. The number of hydrogen-bond donors (Lipinski definition) is 2. The number of fused-ring (bicyclic) bond motifs is 1. The molecule has 21 heavy (non-hydrogen) atoms. The van der Waals surface area contributed by atoms with Gasteiger partial charge in [0.05, 0.1) is 5.92 Å². The first-order valence-electron chi connectivity index (χ1n) is 7.02. The predicted molar refractivity (Wildman–Crippen MR) is 76.5 cm³/mol. The van der Waals surface area contributed by atoms with Crippen LogP contribution in [-0.2, 0) is 20.8 Å². The molecule has 6 heteroatoms. The normalized spacial score (nSPS) is 24.9. The van der Waals surface area contributed by atoms with Crippen molar-refractivity contribution < 1.29 is 14.4 Å². The Hall–Kier alpha value is -2.37. The number of carbonyl (C=O) groups excluding carboxylic acids is 3. The third kappa shape index (κ3) is 2.49. The maximum Gasteiger partial charge on any atom is 0.249 e. The summed E-state index contributed by atoms with van der Waals surface area (Å²) >= 11 is 0. The number of para-hydroxylation sites is 1. The Morgan fingerprint density at radius 2 is 2.05 bits per heavy atom. The number of hydrogen-bond acceptors (Lipinski definition) is 4. The van der Waals surface area contributed by atoms with E-state index in [9.17, 15) is 14.4 Å². The van der Waals surface area contributed by atoms with Gasteiger partial charge in [0, 0.05) is 12.2 Å². The second kappa shape index (κ2) is 5.20. The summed E-state index contributed by atoms with van der Waals surface area (Å²) in [6.07, 6.45) is 0.626. The maximum absolute atomic E-state index is 12.6. The van der Waals surface area contributed by atoms with Crippen molar-refractivity contribution in [3.05, 3.63) is 29.8 Å². The number of benzene rings is 1. The second-order valence-corrected chi connectivity index (χ2v) is 5.49. The zero-order valence-corrected chi connectivity index (χ0v) is 11.8. The molecule has 0 saturated carbocycles. The number of piperazine rings is 1. The summed E-state index contributed by atoms with van der Waals surface area (Å²) in [7, 11) is 0. The molecule has 1 saturated heterocycles. The van der Waals surface area contributed by atoms with E-state index in [2.05, 4.69) is 10.6 Å². The van der Waals surface area contributed by atoms with Crippen molar-refractivity contribution in [1.29, 1.82) is 0 Å². The van der Waals surface area contributed by atoms with Crippen LogP contribution < -0.4 is 10.6 Å². The van der Waals surface area contributed by atoms with Gasteiger partial charge in [0.2, 0.25) is 17.7 Å². The molecule has 2 atom stereocenters. The van der Waals surface area contributed by atoms with Gasteiger partial charge in [-0.15, -0.1) is 0 Å². The van der Waals surface area contributed by atoms with Crippen molar-refractivity contribution in [1.82, 2.24) is 10.2 Å². The Balaban J connectivity index is 1.77. The van der Waals surface area contributed by atoms with E-state index < -0.39 is 17.9 Å². The lowest BCUT2D eigenvalue weighted by atomic mass is 9.92. The molecule has 3 rings (SSSR count). The summed E-state index contributed by atoms with van der Waals surface area (Å²) in [5.41, 5.74) is 2.13. The van der Waals surface area contributed by atoms with Crippen LogP contribution >= 0.6 is 0 Å². The van der Waals surface area contributed by atoms with Crippen molar-refractivity contribution in [2.75, 3.05) is 18.4 Å². The number of anilines is 1. The van der Waals surface area contributed by atoms with Crippen molar-refractivity contribution in [3.63, 3.8) is 0 Å². The zero-order chi connectivity index (χ0) is 15.0. The molecule has 2 N–H and O–H groups in total. The number of nitrogens with one attached hydrogen (secondary N) is 2. The molecule has 2 unspecified atom stereocenters. The number of rotatable bonds is 1. The Morgan fingerprint density at radius 1 is 1.29 bits per heavy atom. The maximum atomic E-state index is 12.6. The van der Waals surface area contributed by atoms with Gasteiger partial charge in [-0.2, -0.15) is 0 Å². The van der Waals surface area contributed by atoms with Gasteiger partial charge in [-0.1, -0.05) is 18.2 Å². The van der Waals surface area contributed by atoms with E-state index in [0.29, 0.717) is 13.0 Å². The molecule has 1 fully saturated rings. The van der Waals surface area contributed by atoms with E-state index in [0.717, 1.165) is 11.3 Å².